The summed E-state index contributed by atoms with van der Waals surface area (Å²) >= 11 is 1.52. The molecule has 0 spiro atoms. The molecular formula is C17H16FN3OS. The lowest BCUT2D eigenvalue weighted by Crippen LogP contribution is -2.21. The van der Waals surface area contributed by atoms with Crippen LogP contribution in [0.4, 0.5) is 4.39 Å². The first-order chi connectivity index (χ1) is 11.2. The van der Waals surface area contributed by atoms with Crippen LogP contribution in [-0.4, -0.2) is 21.6 Å². The van der Waals surface area contributed by atoms with E-state index in [0.717, 1.165) is 16.4 Å². The number of benzene rings is 1. The van der Waals surface area contributed by atoms with E-state index < -0.39 is 11.9 Å². The quantitative estimate of drug-likeness (QED) is 0.729. The monoisotopic (exact) mass is 329 g/mol. The maximum atomic E-state index is 13.6. The third-order valence-electron chi connectivity index (χ3n) is 3.34. The lowest BCUT2D eigenvalue weighted by atomic mass is 10.1. The second-order valence-electron chi connectivity index (χ2n) is 5.03. The standard InChI is InChI=1S/C17H16FN3OS/c18-14-6-2-1-5-13(14)16(22)10-19-9-12-11-23-17(21-12)15-7-3-4-8-20-15/h1-8,11,16,19,22H,9-10H2. The van der Waals surface area contributed by atoms with Crippen molar-refractivity contribution in [1.82, 2.24) is 15.3 Å². The third kappa shape index (κ3) is 3.98. The summed E-state index contributed by atoms with van der Waals surface area (Å²) in [5, 5.41) is 15.9. The van der Waals surface area contributed by atoms with Gasteiger partial charge in [-0.25, -0.2) is 9.37 Å². The van der Waals surface area contributed by atoms with Crippen LogP contribution in [0.5, 0.6) is 0 Å². The van der Waals surface area contributed by atoms with Crippen LogP contribution in [0, 0.1) is 5.82 Å². The highest BCUT2D eigenvalue weighted by Gasteiger charge is 2.12. The van der Waals surface area contributed by atoms with Gasteiger partial charge in [-0.1, -0.05) is 24.3 Å². The van der Waals surface area contributed by atoms with E-state index >= 15 is 0 Å². The second-order valence-corrected chi connectivity index (χ2v) is 5.89. The Labute approximate surface area is 137 Å². The molecule has 2 heterocycles. The van der Waals surface area contributed by atoms with Crippen LogP contribution in [0.2, 0.25) is 0 Å². The molecule has 0 bridgehead atoms. The van der Waals surface area contributed by atoms with Crippen LogP contribution in [0.15, 0.2) is 54.0 Å². The Morgan fingerprint density at radius 1 is 1.17 bits per heavy atom. The highest BCUT2D eigenvalue weighted by Crippen LogP contribution is 2.21. The number of aliphatic hydroxyl groups excluding tert-OH is 1. The summed E-state index contributed by atoms with van der Waals surface area (Å²) in [4.78, 5) is 8.77. The molecule has 0 radical (unpaired) electrons. The van der Waals surface area contributed by atoms with E-state index in [1.807, 2.05) is 23.6 Å². The average molecular weight is 329 g/mol. The molecule has 0 fully saturated rings. The number of nitrogens with zero attached hydrogens (tertiary/aromatic N) is 2. The Bertz CT molecular complexity index is 763. The van der Waals surface area contributed by atoms with Crippen molar-refractivity contribution in [2.45, 2.75) is 12.6 Å². The van der Waals surface area contributed by atoms with Gasteiger partial charge in [0, 0.05) is 30.2 Å². The van der Waals surface area contributed by atoms with Crippen molar-refractivity contribution < 1.29 is 9.50 Å². The van der Waals surface area contributed by atoms with E-state index in [1.54, 1.807) is 24.4 Å². The van der Waals surface area contributed by atoms with Gasteiger partial charge in [0.2, 0.25) is 0 Å². The minimum absolute atomic E-state index is 0.261. The molecule has 3 rings (SSSR count). The Morgan fingerprint density at radius 3 is 2.78 bits per heavy atom. The van der Waals surface area contributed by atoms with Gasteiger partial charge < -0.3 is 10.4 Å². The first kappa shape index (κ1) is 15.7. The Balaban J connectivity index is 1.55. The minimum Gasteiger partial charge on any atom is -0.387 e. The number of aromatic nitrogens is 2. The van der Waals surface area contributed by atoms with E-state index in [1.165, 1.54) is 17.4 Å². The molecule has 1 atom stereocenters. The van der Waals surface area contributed by atoms with E-state index in [4.69, 9.17) is 0 Å². The first-order valence-corrected chi connectivity index (χ1v) is 8.11. The number of thiazole rings is 1. The lowest BCUT2D eigenvalue weighted by molar-refractivity contribution is 0.169. The van der Waals surface area contributed by atoms with Crippen LogP contribution in [0.3, 0.4) is 0 Å². The fourth-order valence-electron chi connectivity index (χ4n) is 2.19. The number of nitrogens with one attached hydrogen (secondary N) is 1. The van der Waals surface area contributed by atoms with Gasteiger partial charge in [0.25, 0.3) is 0 Å². The predicted molar refractivity (Wildman–Crippen MR) is 88.4 cm³/mol. The normalized spacial score (nSPS) is 12.3. The van der Waals surface area contributed by atoms with Crippen molar-refractivity contribution >= 4 is 11.3 Å². The Morgan fingerprint density at radius 2 is 2.00 bits per heavy atom. The van der Waals surface area contributed by atoms with Gasteiger partial charge >= 0.3 is 0 Å². The molecule has 0 amide bonds. The van der Waals surface area contributed by atoms with E-state index in [2.05, 4.69) is 15.3 Å². The molecule has 2 aromatic heterocycles. The molecular weight excluding hydrogens is 313 g/mol. The van der Waals surface area contributed by atoms with Crippen LogP contribution in [0.1, 0.15) is 17.4 Å². The Hall–Kier alpha value is -2.15. The van der Waals surface area contributed by atoms with E-state index in [-0.39, 0.29) is 6.54 Å². The van der Waals surface area contributed by atoms with Crippen molar-refractivity contribution in [2.75, 3.05) is 6.54 Å². The minimum atomic E-state index is -0.884. The molecule has 6 heteroatoms. The van der Waals surface area contributed by atoms with Crippen LogP contribution < -0.4 is 5.32 Å². The second kappa shape index (κ2) is 7.41. The van der Waals surface area contributed by atoms with Crippen LogP contribution in [-0.2, 0) is 6.54 Å². The summed E-state index contributed by atoms with van der Waals surface area (Å²) in [5.41, 5.74) is 2.01. The predicted octanol–water partition coefficient (Wildman–Crippen LogP) is 3.17. The summed E-state index contributed by atoms with van der Waals surface area (Å²) in [6.07, 6.45) is 0.851. The van der Waals surface area contributed by atoms with Crippen LogP contribution in [0.25, 0.3) is 10.7 Å². The topological polar surface area (TPSA) is 58.0 Å². The number of hydrogen-bond donors (Lipinski definition) is 2. The zero-order valence-corrected chi connectivity index (χ0v) is 13.1. The van der Waals surface area contributed by atoms with Gasteiger partial charge in [0.05, 0.1) is 17.5 Å². The highest BCUT2D eigenvalue weighted by molar-refractivity contribution is 7.13. The summed E-state index contributed by atoms with van der Waals surface area (Å²) in [6.45, 7) is 0.770. The number of aliphatic hydroxyl groups is 1. The van der Waals surface area contributed by atoms with Crippen LogP contribution >= 0.6 is 11.3 Å². The molecule has 3 aromatic rings. The smallest absolute Gasteiger partial charge is 0.142 e. The fraction of sp³-hybridized carbons (Fsp3) is 0.176. The third-order valence-corrected chi connectivity index (χ3v) is 4.26. The van der Waals surface area contributed by atoms with Gasteiger partial charge in [-0.3, -0.25) is 4.98 Å². The zero-order valence-electron chi connectivity index (χ0n) is 12.3. The number of hydrogen-bond acceptors (Lipinski definition) is 5. The summed E-state index contributed by atoms with van der Waals surface area (Å²) < 4.78 is 13.6. The van der Waals surface area contributed by atoms with Crippen molar-refractivity contribution in [3.8, 4) is 10.7 Å². The van der Waals surface area contributed by atoms with E-state index in [0.29, 0.717) is 12.1 Å². The number of halogens is 1. The number of rotatable bonds is 6. The Kier molecular flexibility index (Phi) is 5.07. The molecule has 0 aliphatic heterocycles. The molecule has 118 valence electrons. The van der Waals surface area contributed by atoms with Gasteiger partial charge in [-0.15, -0.1) is 11.3 Å². The molecule has 0 aliphatic carbocycles. The average Bonchev–Trinajstić information content (AvgIpc) is 3.05. The molecule has 1 unspecified atom stereocenters. The SMILES string of the molecule is OC(CNCc1csc(-c2ccccn2)n1)c1ccccc1F. The maximum absolute atomic E-state index is 13.6. The zero-order chi connectivity index (χ0) is 16.1. The van der Waals surface area contributed by atoms with Gasteiger partial charge in [-0.2, -0.15) is 0 Å². The number of pyridine rings is 1. The largest absolute Gasteiger partial charge is 0.387 e. The molecule has 4 nitrogen and oxygen atoms in total. The van der Waals surface area contributed by atoms with E-state index in [9.17, 15) is 9.50 Å². The van der Waals surface area contributed by atoms with Crippen molar-refractivity contribution in [3.63, 3.8) is 0 Å². The van der Waals surface area contributed by atoms with Crippen molar-refractivity contribution in [1.29, 1.82) is 0 Å². The molecule has 1 aromatic carbocycles. The summed E-state index contributed by atoms with van der Waals surface area (Å²) in [5.74, 6) is -0.395. The summed E-state index contributed by atoms with van der Waals surface area (Å²) in [6, 6.07) is 11.9. The molecule has 23 heavy (non-hydrogen) atoms. The van der Waals surface area contributed by atoms with Gasteiger partial charge in [0.1, 0.15) is 10.8 Å². The van der Waals surface area contributed by atoms with Crippen molar-refractivity contribution in [2.24, 2.45) is 0 Å². The molecule has 0 aliphatic rings. The maximum Gasteiger partial charge on any atom is 0.142 e. The summed E-state index contributed by atoms with van der Waals surface area (Å²) in [7, 11) is 0. The van der Waals surface area contributed by atoms with Gasteiger partial charge in [0.15, 0.2) is 0 Å². The molecule has 2 N–H and O–H groups in total. The van der Waals surface area contributed by atoms with Crippen molar-refractivity contribution in [3.05, 3.63) is 71.1 Å². The lowest BCUT2D eigenvalue weighted by Gasteiger charge is -2.12. The molecule has 0 saturated heterocycles. The molecule has 0 saturated carbocycles. The fourth-order valence-corrected chi connectivity index (χ4v) is 2.98. The highest BCUT2D eigenvalue weighted by atomic mass is 32.1. The van der Waals surface area contributed by atoms with Gasteiger partial charge in [-0.05, 0) is 18.2 Å². The first-order valence-electron chi connectivity index (χ1n) is 7.23.